The molecule has 0 amide bonds. The second-order valence-corrected chi connectivity index (χ2v) is 15.6. The van der Waals surface area contributed by atoms with Crippen LogP contribution in [0.1, 0.15) is 174 Å². The highest BCUT2D eigenvalue weighted by atomic mass is 31.2. The number of carbonyl (C=O) groups excluding carboxylic acids is 2. The summed E-state index contributed by atoms with van der Waals surface area (Å²) in [5.74, 6) is -2.43. The molecule has 1 unspecified atom stereocenters. The van der Waals surface area contributed by atoms with Gasteiger partial charge in [-0.1, -0.05) is 159 Å². The third-order valence-corrected chi connectivity index (χ3v) is 9.79. The number of ether oxygens (including phenoxy) is 2. The van der Waals surface area contributed by atoms with Gasteiger partial charge in [0.05, 0.1) is 13.2 Å². The molecule has 0 saturated heterocycles. The third kappa shape index (κ3) is 38.1. The van der Waals surface area contributed by atoms with Gasteiger partial charge in [-0.3, -0.25) is 23.4 Å². The molecule has 0 heterocycles. The normalized spacial score (nSPS) is 14.3. The molecule has 4 N–H and O–H groups in total. The Morgan fingerprint density at radius 1 is 0.582 bits per heavy atom. The van der Waals surface area contributed by atoms with E-state index in [1.54, 1.807) is 0 Å². The average Bonchev–Trinajstić information content (AvgIpc) is 3.16. The Kier molecular flexibility index (Phi) is 36.5. The van der Waals surface area contributed by atoms with Gasteiger partial charge in [0.15, 0.2) is 6.10 Å². The molecule has 0 aliphatic heterocycles. The summed E-state index contributed by atoms with van der Waals surface area (Å²) in [4.78, 5) is 45.9. The van der Waals surface area contributed by atoms with Crippen molar-refractivity contribution in [2.75, 3.05) is 19.8 Å². The molecule has 0 rings (SSSR count). The van der Waals surface area contributed by atoms with Gasteiger partial charge in [-0.2, -0.15) is 0 Å². The van der Waals surface area contributed by atoms with E-state index in [1.807, 2.05) is 0 Å². The van der Waals surface area contributed by atoms with E-state index < -0.39 is 51.1 Å². The Bertz CT molecular complexity index is 1120. The largest absolute Gasteiger partial charge is 0.480 e. The summed E-state index contributed by atoms with van der Waals surface area (Å²) in [5.41, 5.74) is 5.32. The monoisotopic (exact) mass is 798 g/mol. The number of hydrogen-bond donors (Lipinski definition) is 3. The summed E-state index contributed by atoms with van der Waals surface area (Å²) in [7, 11) is -4.72. The lowest BCUT2D eigenvalue weighted by molar-refractivity contribution is -0.161. The first-order chi connectivity index (χ1) is 26.6. The van der Waals surface area contributed by atoms with Crippen LogP contribution in [0.25, 0.3) is 0 Å². The van der Waals surface area contributed by atoms with Gasteiger partial charge >= 0.3 is 25.7 Å². The fourth-order valence-electron chi connectivity index (χ4n) is 5.53. The molecule has 0 fully saturated rings. The van der Waals surface area contributed by atoms with E-state index in [0.717, 1.165) is 57.8 Å². The van der Waals surface area contributed by atoms with Crippen LogP contribution in [0, 0.1) is 0 Å². The molecule has 0 aliphatic rings. The predicted octanol–water partition coefficient (Wildman–Crippen LogP) is 11.0. The van der Waals surface area contributed by atoms with Gasteiger partial charge in [-0.25, -0.2) is 4.57 Å². The van der Waals surface area contributed by atoms with Crippen LogP contribution >= 0.6 is 7.82 Å². The van der Waals surface area contributed by atoms with Crippen molar-refractivity contribution in [1.82, 2.24) is 0 Å². The standard InChI is InChI=1S/C43H76NO10P/c1-3-5-7-9-11-13-15-17-19-21-22-24-26-28-30-32-34-41(45)51-36-39(37-52-55(49,50)53-38-40(44)43(47)48)54-42(46)35-33-31-29-27-25-23-20-18-16-14-12-10-8-6-4-2/h6,8,12,14,18,20,25,27,39-40H,3-5,7,9-11,13,15-17,19,21-24,26,28-38,44H2,1-2H3,(H,47,48)(H,49,50)/b8-6-,14-12-,20-18-,27-25-/t39-,40+/m1/s1. The zero-order chi connectivity index (χ0) is 40.7. The van der Waals surface area contributed by atoms with Gasteiger partial charge < -0.3 is 25.2 Å². The van der Waals surface area contributed by atoms with E-state index in [-0.39, 0.29) is 19.4 Å². The second kappa shape index (κ2) is 38.3. The minimum atomic E-state index is -4.72. The molecule has 0 aromatic rings. The van der Waals surface area contributed by atoms with E-state index in [1.165, 1.54) is 77.0 Å². The van der Waals surface area contributed by atoms with Crippen molar-refractivity contribution < 1.29 is 47.5 Å². The number of nitrogens with two attached hydrogens (primary N) is 1. The Balaban J connectivity index is 4.43. The Hall–Kier alpha value is -2.56. The molecular weight excluding hydrogens is 721 g/mol. The first kappa shape index (κ1) is 52.4. The van der Waals surface area contributed by atoms with Gasteiger partial charge in [-0.05, 0) is 51.4 Å². The summed E-state index contributed by atoms with van der Waals surface area (Å²) < 4.78 is 32.6. The van der Waals surface area contributed by atoms with Crippen LogP contribution in [0.5, 0.6) is 0 Å². The molecule has 55 heavy (non-hydrogen) atoms. The van der Waals surface area contributed by atoms with Crippen LogP contribution in [-0.4, -0.2) is 59.9 Å². The fourth-order valence-corrected chi connectivity index (χ4v) is 6.30. The van der Waals surface area contributed by atoms with Gasteiger partial charge in [0.2, 0.25) is 0 Å². The number of hydrogen-bond acceptors (Lipinski definition) is 9. The predicted molar refractivity (Wildman–Crippen MR) is 222 cm³/mol. The van der Waals surface area contributed by atoms with Crippen LogP contribution < -0.4 is 5.73 Å². The maximum absolute atomic E-state index is 12.6. The van der Waals surface area contributed by atoms with E-state index >= 15 is 0 Å². The van der Waals surface area contributed by atoms with Crippen LogP contribution in [0.15, 0.2) is 48.6 Å². The zero-order valence-electron chi connectivity index (χ0n) is 34.3. The number of esters is 2. The lowest BCUT2D eigenvalue weighted by Crippen LogP contribution is -2.34. The summed E-state index contributed by atoms with van der Waals surface area (Å²) >= 11 is 0. The zero-order valence-corrected chi connectivity index (χ0v) is 35.2. The summed E-state index contributed by atoms with van der Waals surface area (Å²) in [6.45, 7) is 2.65. The Morgan fingerprint density at radius 3 is 1.53 bits per heavy atom. The van der Waals surface area contributed by atoms with Crippen molar-refractivity contribution in [3.05, 3.63) is 48.6 Å². The Labute approximate surface area is 333 Å². The molecular formula is C43H76NO10P. The SMILES string of the molecule is CC/C=C\C/C=C\C/C=C\C/C=C\CCCCC(=O)O[C@H](COC(=O)CCCCCCCCCCCCCCCCCC)COP(=O)(O)OC[C@H](N)C(=O)O. The number of carbonyl (C=O) groups is 3. The van der Waals surface area contributed by atoms with Gasteiger partial charge in [0.25, 0.3) is 0 Å². The molecule has 0 aromatic heterocycles. The molecule has 11 nitrogen and oxygen atoms in total. The maximum atomic E-state index is 12.6. The molecule has 0 radical (unpaired) electrons. The van der Waals surface area contributed by atoms with Crippen molar-refractivity contribution in [2.24, 2.45) is 5.73 Å². The minimum absolute atomic E-state index is 0.109. The van der Waals surface area contributed by atoms with Crippen molar-refractivity contribution in [1.29, 1.82) is 0 Å². The van der Waals surface area contributed by atoms with Gasteiger partial charge in [0.1, 0.15) is 12.6 Å². The number of phosphoric ester groups is 1. The summed E-state index contributed by atoms with van der Waals surface area (Å²) in [6, 6.07) is -1.53. The first-order valence-corrected chi connectivity index (χ1v) is 22.7. The molecule has 0 saturated carbocycles. The lowest BCUT2D eigenvalue weighted by Gasteiger charge is -2.20. The number of phosphoric acid groups is 1. The van der Waals surface area contributed by atoms with Crippen molar-refractivity contribution in [2.45, 2.75) is 187 Å². The molecule has 0 aromatic carbocycles. The summed E-state index contributed by atoms with van der Waals surface area (Å²) in [5, 5.41) is 8.88. The fraction of sp³-hybridized carbons (Fsp3) is 0.744. The first-order valence-electron chi connectivity index (χ1n) is 21.2. The van der Waals surface area contributed by atoms with E-state index in [4.69, 9.17) is 24.8 Å². The topological polar surface area (TPSA) is 172 Å². The van der Waals surface area contributed by atoms with Crippen molar-refractivity contribution >= 4 is 25.7 Å². The van der Waals surface area contributed by atoms with Crippen LogP contribution in [0.2, 0.25) is 0 Å². The van der Waals surface area contributed by atoms with E-state index in [9.17, 15) is 23.8 Å². The van der Waals surface area contributed by atoms with Crippen LogP contribution in [0.4, 0.5) is 0 Å². The van der Waals surface area contributed by atoms with Crippen molar-refractivity contribution in [3.63, 3.8) is 0 Å². The highest BCUT2D eigenvalue weighted by Crippen LogP contribution is 2.43. The minimum Gasteiger partial charge on any atom is -0.480 e. The van der Waals surface area contributed by atoms with E-state index in [0.29, 0.717) is 12.8 Å². The molecule has 0 spiro atoms. The highest BCUT2D eigenvalue weighted by molar-refractivity contribution is 7.47. The van der Waals surface area contributed by atoms with Crippen LogP contribution in [-0.2, 0) is 37.5 Å². The van der Waals surface area contributed by atoms with Crippen LogP contribution in [0.3, 0.4) is 0 Å². The average molecular weight is 798 g/mol. The van der Waals surface area contributed by atoms with E-state index in [2.05, 4.69) is 67.0 Å². The summed E-state index contributed by atoms with van der Waals surface area (Å²) in [6.07, 6.45) is 41.8. The maximum Gasteiger partial charge on any atom is 0.472 e. The second-order valence-electron chi connectivity index (χ2n) is 14.1. The number of carboxylic acids is 1. The number of rotatable bonds is 39. The lowest BCUT2D eigenvalue weighted by atomic mass is 10.0. The quantitative estimate of drug-likeness (QED) is 0.0234. The third-order valence-electron chi connectivity index (χ3n) is 8.84. The van der Waals surface area contributed by atoms with Gasteiger partial charge in [0, 0.05) is 12.8 Å². The molecule has 0 bridgehead atoms. The van der Waals surface area contributed by atoms with Crippen molar-refractivity contribution in [3.8, 4) is 0 Å². The molecule has 12 heteroatoms. The molecule has 3 atom stereocenters. The Morgan fingerprint density at radius 2 is 1.02 bits per heavy atom. The number of aliphatic carboxylic acids is 1. The molecule has 0 aliphatic carbocycles. The molecule has 318 valence electrons. The highest BCUT2D eigenvalue weighted by Gasteiger charge is 2.28. The number of carboxylic acid groups (broad SMARTS) is 1. The number of allylic oxidation sites excluding steroid dienone is 8. The smallest absolute Gasteiger partial charge is 0.472 e. The number of unbranched alkanes of at least 4 members (excludes halogenated alkanes) is 17. The van der Waals surface area contributed by atoms with Gasteiger partial charge in [-0.15, -0.1) is 0 Å².